The fourth-order valence-electron chi connectivity index (χ4n) is 4.32. The number of aryl methyl sites for hydroxylation is 1. The van der Waals surface area contributed by atoms with Crippen molar-refractivity contribution >= 4 is 5.97 Å². The molecule has 4 rings (SSSR count). The Bertz CT molecular complexity index is 1220. The summed E-state index contributed by atoms with van der Waals surface area (Å²) >= 11 is 0. The molecule has 1 aromatic carbocycles. The van der Waals surface area contributed by atoms with Crippen LogP contribution in [0.4, 0.5) is 0 Å². The zero-order chi connectivity index (χ0) is 24.1. The first-order chi connectivity index (χ1) is 16.5. The standard InChI is InChI=1S/C26H29N3O5/c1-18-14-20(4-5-22(18)32-2)16-28-11-8-21-25(26(31)33-3)23(15-24(30)29(21)13-12-28)34-17-19-6-9-27-10-7-19/h4-7,9-10,14-15H,8,11-13,16-17H2,1-3H3. The third-order valence-corrected chi connectivity index (χ3v) is 6.08. The molecule has 0 saturated carbocycles. The van der Waals surface area contributed by atoms with E-state index in [0.29, 0.717) is 37.3 Å². The Hall–Kier alpha value is -3.65. The zero-order valence-electron chi connectivity index (χ0n) is 19.7. The molecule has 0 amide bonds. The predicted molar refractivity (Wildman–Crippen MR) is 127 cm³/mol. The van der Waals surface area contributed by atoms with Gasteiger partial charge in [0.15, 0.2) is 0 Å². The lowest BCUT2D eigenvalue weighted by Crippen LogP contribution is -2.29. The van der Waals surface area contributed by atoms with Gasteiger partial charge in [-0.3, -0.25) is 14.7 Å². The van der Waals surface area contributed by atoms with Gasteiger partial charge in [0.1, 0.15) is 23.7 Å². The number of ether oxygens (including phenoxy) is 3. The van der Waals surface area contributed by atoms with Crippen LogP contribution in [-0.4, -0.2) is 47.7 Å². The molecule has 0 N–H and O–H groups in total. The second-order valence-corrected chi connectivity index (χ2v) is 8.29. The number of rotatable bonds is 7. The average Bonchev–Trinajstić information content (AvgIpc) is 3.06. The summed E-state index contributed by atoms with van der Waals surface area (Å²) in [4.78, 5) is 32.0. The first-order valence-corrected chi connectivity index (χ1v) is 11.2. The third-order valence-electron chi connectivity index (χ3n) is 6.08. The van der Waals surface area contributed by atoms with Crippen LogP contribution < -0.4 is 15.0 Å². The molecule has 8 heteroatoms. The van der Waals surface area contributed by atoms with Gasteiger partial charge in [-0.15, -0.1) is 0 Å². The summed E-state index contributed by atoms with van der Waals surface area (Å²) in [6.07, 6.45) is 3.87. The summed E-state index contributed by atoms with van der Waals surface area (Å²) < 4.78 is 18.0. The Morgan fingerprint density at radius 2 is 1.79 bits per heavy atom. The molecule has 8 nitrogen and oxygen atoms in total. The van der Waals surface area contributed by atoms with Crippen molar-refractivity contribution in [3.63, 3.8) is 0 Å². The van der Waals surface area contributed by atoms with E-state index in [9.17, 15) is 9.59 Å². The lowest BCUT2D eigenvalue weighted by atomic mass is 10.1. The number of nitrogens with zero attached hydrogens (tertiary/aromatic N) is 3. The summed E-state index contributed by atoms with van der Waals surface area (Å²) in [5, 5.41) is 0. The van der Waals surface area contributed by atoms with Crippen LogP contribution in [0.3, 0.4) is 0 Å². The second-order valence-electron chi connectivity index (χ2n) is 8.29. The lowest BCUT2D eigenvalue weighted by molar-refractivity contribution is 0.0592. The van der Waals surface area contributed by atoms with Crippen LogP contribution in [0.25, 0.3) is 0 Å². The molecule has 1 aliphatic heterocycles. The van der Waals surface area contributed by atoms with E-state index in [1.54, 1.807) is 24.1 Å². The van der Waals surface area contributed by atoms with E-state index in [1.807, 2.05) is 25.1 Å². The second kappa shape index (κ2) is 10.5. The van der Waals surface area contributed by atoms with Gasteiger partial charge in [0, 0.05) is 56.8 Å². The third kappa shape index (κ3) is 5.12. The van der Waals surface area contributed by atoms with Crippen molar-refractivity contribution in [1.29, 1.82) is 0 Å². The maximum Gasteiger partial charge on any atom is 0.343 e. The zero-order valence-corrected chi connectivity index (χ0v) is 19.7. The molecule has 2 aromatic heterocycles. The molecule has 0 saturated heterocycles. The Balaban J connectivity index is 1.58. The molecular formula is C26H29N3O5. The molecule has 3 aromatic rings. The van der Waals surface area contributed by atoms with Crippen molar-refractivity contribution in [2.24, 2.45) is 0 Å². The van der Waals surface area contributed by atoms with E-state index >= 15 is 0 Å². The number of methoxy groups -OCH3 is 2. The number of hydrogen-bond acceptors (Lipinski definition) is 7. The topological polar surface area (TPSA) is 82.9 Å². The van der Waals surface area contributed by atoms with E-state index in [1.165, 1.54) is 18.7 Å². The van der Waals surface area contributed by atoms with Crippen molar-refractivity contribution in [1.82, 2.24) is 14.5 Å². The maximum absolute atomic E-state index is 13.0. The van der Waals surface area contributed by atoms with Gasteiger partial charge >= 0.3 is 5.97 Å². The van der Waals surface area contributed by atoms with Crippen LogP contribution in [0.1, 0.15) is 32.7 Å². The van der Waals surface area contributed by atoms with Crippen LogP contribution in [0.2, 0.25) is 0 Å². The number of esters is 1. The molecule has 0 radical (unpaired) electrons. The van der Waals surface area contributed by atoms with E-state index in [4.69, 9.17) is 14.2 Å². The normalized spacial score (nSPS) is 13.6. The van der Waals surface area contributed by atoms with E-state index in [0.717, 1.165) is 23.4 Å². The highest BCUT2D eigenvalue weighted by Crippen LogP contribution is 2.26. The molecule has 0 bridgehead atoms. The van der Waals surface area contributed by atoms with Crippen LogP contribution >= 0.6 is 0 Å². The minimum Gasteiger partial charge on any atom is -0.496 e. The van der Waals surface area contributed by atoms with Crippen molar-refractivity contribution in [2.45, 2.75) is 33.0 Å². The summed E-state index contributed by atoms with van der Waals surface area (Å²) in [6, 6.07) is 11.2. The number of carbonyl (C=O) groups excluding carboxylic acids is 1. The Labute approximate surface area is 198 Å². The molecule has 0 unspecified atom stereocenters. The molecule has 178 valence electrons. The van der Waals surface area contributed by atoms with Crippen molar-refractivity contribution in [3.8, 4) is 11.5 Å². The number of fused-ring (bicyclic) bond motifs is 1. The number of pyridine rings is 2. The van der Waals surface area contributed by atoms with Crippen molar-refractivity contribution < 1.29 is 19.0 Å². The highest BCUT2D eigenvalue weighted by Gasteiger charge is 2.26. The molecule has 1 aliphatic rings. The minimum atomic E-state index is -0.507. The Morgan fingerprint density at radius 3 is 2.50 bits per heavy atom. The molecular weight excluding hydrogens is 434 g/mol. The number of benzene rings is 1. The van der Waals surface area contributed by atoms with Gasteiger partial charge in [0.25, 0.3) is 5.56 Å². The van der Waals surface area contributed by atoms with E-state index in [-0.39, 0.29) is 17.9 Å². The van der Waals surface area contributed by atoms with Crippen LogP contribution in [-0.2, 0) is 30.9 Å². The monoisotopic (exact) mass is 463 g/mol. The van der Waals surface area contributed by atoms with E-state index < -0.39 is 5.97 Å². The van der Waals surface area contributed by atoms with Crippen LogP contribution in [0.5, 0.6) is 11.5 Å². The molecule has 0 spiro atoms. The summed E-state index contributed by atoms with van der Waals surface area (Å²) in [5.74, 6) is 0.604. The highest BCUT2D eigenvalue weighted by molar-refractivity contribution is 5.93. The molecule has 3 heterocycles. The van der Waals surface area contributed by atoms with Crippen LogP contribution in [0.15, 0.2) is 53.6 Å². The predicted octanol–water partition coefficient (Wildman–Crippen LogP) is 2.98. The van der Waals surface area contributed by atoms with Crippen molar-refractivity contribution in [3.05, 3.63) is 87.1 Å². The lowest BCUT2D eigenvalue weighted by Gasteiger charge is -2.20. The first kappa shape index (κ1) is 23.5. The highest BCUT2D eigenvalue weighted by atomic mass is 16.5. The Morgan fingerprint density at radius 1 is 1.00 bits per heavy atom. The first-order valence-electron chi connectivity index (χ1n) is 11.2. The number of carbonyl (C=O) groups is 1. The molecule has 0 aliphatic carbocycles. The van der Waals surface area contributed by atoms with Gasteiger partial charge in [-0.25, -0.2) is 4.79 Å². The van der Waals surface area contributed by atoms with Gasteiger partial charge in [-0.05, 0) is 41.8 Å². The minimum absolute atomic E-state index is 0.186. The van der Waals surface area contributed by atoms with Gasteiger partial charge < -0.3 is 18.8 Å². The van der Waals surface area contributed by atoms with Crippen molar-refractivity contribution in [2.75, 3.05) is 27.3 Å². The van der Waals surface area contributed by atoms with E-state index in [2.05, 4.69) is 22.0 Å². The Kier molecular flexibility index (Phi) is 7.27. The number of hydrogen-bond donors (Lipinski definition) is 0. The largest absolute Gasteiger partial charge is 0.496 e. The SMILES string of the molecule is COC(=O)c1c(OCc2ccncc2)cc(=O)n2c1CCN(Cc1ccc(OC)c(C)c1)CC2. The summed E-state index contributed by atoms with van der Waals surface area (Å²) in [7, 11) is 3.01. The average molecular weight is 464 g/mol. The summed E-state index contributed by atoms with van der Waals surface area (Å²) in [5.41, 5.74) is 3.93. The smallest absolute Gasteiger partial charge is 0.343 e. The quantitative estimate of drug-likeness (QED) is 0.498. The van der Waals surface area contributed by atoms with Gasteiger partial charge in [-0.2, -0.15) is 0 Å². The number of aromatic nitrogens is 2. The summed E-state index contributed by atoms with van der Waals surface area (Å²) in [6.45, 7) is 4.86. The fourth-order valence-corrected chi connectivity index (χ4v) is 4.32. The molecule has 0 fully saturated rings. The maximum atomic E-state index is 13.0. The van der Waals surface area contributed by atoms with Gasteiger partial charge in [-0.1, -0.05) is 12.1 Å². The molecule has 0 atom stereocenters. The van der Waals surface area contributed by atoms with Gasteiger partial charge in [0.05, 0.1) is 14.2 Å². The molecule has 34 heavy (non-hydrogen) atoms. The van der Waals surface area contributed by atoms with Crippen LogP contribution in [0, 0.1) is 6.92 Å². The fraction of sp³-hybridized carbons (Fsp3) is 0.346. The van der Waals surface area contributed by atoms with Gasteiger partial charge in [0.2, 0.25) is 0 Å².